The largest absolute Gasteiger partial charge is 0.465 e. The maximum Gasteiger partial charge on any atom is 0.339 e. The molecule has 2 N–H and O–H groups in total. The standard InChI is InChI=1S/C12H17NO2S/c1-8(2)7-16-9-4-5-11(13)10(6-9)12(14)15-3/h4-6,8H,7,13H2,1-3H3. The molecule has 4 heteroatoms. The van der Waals surface area contributed by atoms with Crippen molar-refractivity contribution in [3.8, 4) is 0 Å². The highest BCUT2D eigenvalue weighted by Gasteiger charge is 2.10. The lowest BCUT2D eigenvalue weighted by atomic mass is 10.2. The molecule has 1 aromatic rings. The smallest absolute Gasteiger partial charge is 0.339 e. The van der Waals surface area contributed by atoms with Gasteiger partial charge in [-0.3, -0.25) is 0 Å². The number of thioether (sulfide) groups is 1. The van der Waals surface area contributed by atoms with Gasteiger partial charge in [-0.1, -0.05) is 13.8 Å². The summed E-state index contributed by atoms with van der Waals surface area (Å²) in [7, 11) is 1.36. The van der Waals surface area contributed by atoms with Gasteiger partial charge in [-0.25, -0.2) is 4.79 Å². The van der Waals surface area contributed by atoms with E-state index in [4.69, 9.17) is 5.73 Å². The van der Waals surface area contributed by atoms with E-state index in [9.17, 15) is 4.79 Å². The fraction of sp³-hybridized carbons (Fsp3) is 0.417. The topological polar surface area (TPSA) is 52.3 Å². The summed E-state index contributed by atoms with van der Waals surface area (Å²) in [6.07, 6.45) is 0. The van der Waals surface area contributed by atoms with Crippen LogP contribution in [0.1, 0.15) is 24.2 Å². The van der Waals surface area contributed by atoms with Crippen LogP contribution in [-0.2, 0) is 4.74 Å². The highest BCUT2D eigenvalue weighted by molar-refractivity contribution is 7.99. The van der Waals surface area contributed by atoms with Crippen LogP contribution in [0.2, 0.25) is 0 Å². The monoisotopic (exact) mass is 239 g/mol. The van der Waals surface area contributed by atoms with Crippen LogP contribution < -0.4 is 5.73 Å². The van der Waals surface area contributed by atoms with Crippen molar-refractivity contribution >= 4 is 23.4 Å². The Morgan fingerprint density at radius 3 is 2.75 bits per heavy atom. The Morgan fingerprint density at radius 1 is 1.50 bits per heavy atom. The molecule has 0 unspecified atom stereocenters. The van der Waals surface area contributed by atoms with E-state index in [1.54, 1.807) is 23.9 Å². The zero-order valence-corrected chi connectivity index (χ0v) is 10.6. The van der Waals surface area contributed by atoms with Crippen molar-refractivity contribution in [3.05, 3.63) is 23.8 Å². The number of hydrogen-bond acceptors (Lipinski definition) is 4. The van der Waals surface area contributed by atoms with Gasteiger partial charge in [-0.15, -0.1) is 11.8 Å². The first-order valence-electron chi connectivity index (χ1n) is 5.15. The Balaban J connectivity index is 2.85. The molecule has 0 saturated heterocycles. The number of carbonyl (C=O) groups excluding carboxylic acids is 1. The molecule has 0 bridgehead atoms. The second kappa shape index (κ2) is 5.80. The Hall–Kier alpha value is -1.16. The van der Waals surface area contributed by atoms with E-state index in [-0.39, 0.29) is 5.97 Å². The maximum absolute atomic E-state index is 11.4. The first-order valence-corrected chi connectivity index (χ1v) is 6.13. The van der Waals surface area contributed by atoms with Crippen molar-refractivity contribution < 1.29 is 9.53 Å². The minimum Gasteiger partial charge on any atom is -0.465 e. The highest BCUT2D eigenvalue weighted by Crippen LogP contribution is 2.25. The highest BCUT2D eigenvalue weighted by atomic mass is 32.2. The van der Waals surface area contributed by atoms with E-state index in [0.29, 0.717) is 17.2 Å². The minimum absolute atomic E-state index is 0.385. The molecule has 88 valence electrons. The molecule has 16 heavy (non-hydrogen) atoms. The number of carbonyl (C=O) groups is 1. The number of ether oxygens (including phenoxy) is 1. The van der Waals surface area contributed by atoms with E-state index in [1.807, 2.05) is 6.07 Å². The summed E-state index contributed by atoms with van der Waals surface area (Å²) in [5.41, 5.74) is 6.61. The lowest BCUT2D eigenvalue weighted by Crippen LogP contribution is -2.05. The average molecular weight is 239 g/mol. The van der Waals surface area contributed by atoms with Gasteiger partial charge < -0.3 is 10.5 Å². The molecule has 0 saturated carbocycles. The number of esters is 1. The van der Waals surface area contributed by atoms with Crippen LogP contribution in [0.5, 0.6) is 0 Å². The van der Waals surface area contributed by atoms with Crippen molar-refractivity contribution in [3.63, 3.8) is 0 Å². The predicted molar refractivity (Wildman–Crippen MR) is 67.8 cm³/mol. The Labute approximate surface area is 100 Å². The number of benzene rings is 1. The van der Waals surface area contributed by atoms with Crippen molar-refractivity contribution in [1.82, 2.24) is 0 Å². The molecule has 1 aromatic carbocycles. The summed E-state index contributed by atoms with van der Waals surface area (Å²) >= 11 is 1.72. The molecular weight excluding hydrogens is 222 g/mol. The number of hydrogen-bond donors (Lipinski definition) is 1. The fourth-order valence-corrected chi connectivity index (χ4v) is 2.07. The Kier molecular flexibility index (Phi) is 4.68. The summed E-state index contributed by atoms with van der Waals surface area (Å²) < 4.78 is 4.67. The summed E-state index contributed by atoms with van der Waals surface area (Å²) in [5, 5.41) is 0. The van der Waals surface area contributed by atoms with Gasteiger partial charge in [0.1, 0.15) is 0 Å². The third kappa shape index (κ3) is 3.45. The van der Waals surface area contributed by atoms with Gasteiger partial charge in [0.15, 0.2) is 0 Å². The fourth-order valence-electron chi connectivity index (χ4n) is 1.17. The minimum atomic E-state index is -0.385. The first-order chi connectivity index (χ1) is 7.54. The first kappa shape index (κ1) is 12.9. The normalized spacial score (nSPS) is 10.5. The lowest BCUT2D eigenvalue weighted by Gasteiger charge is -2.08. The lowest BCUT2D eigenvalue weighted by molar-refractivity contribution is 0.0601. The number of nitrogens with two attached hydrogens (primary N) is 1. The van der Waals surface area contributed by atoms with Crippen LogP contribution in [0.15, 0.2) is 23.1 Å². The molecule has 0 heterocycles. The molecule has 0 aliphatic rings. The van der Waals surface area contributed by atoms with E-state index >= 15 is 0 Å². The molecule has 3 nitrogen and oxygen atoms in total. The number of rotatable bonds is 4. The number of nitrogen functional groups attached to an aromatic ring is 1. The second-order valence-electron chi connectivity index (χ2n) is 3.95. The zero-order valence-electron chi connectivity index (χ0n) is 9.82. The van der Waals surface area contributed by atoms with Crippen LogP contribution in [-0.4, -0.2) is 18.8 Å². The summed E-state index contributed by atoms with van der Waals surface area (Å²) in [4.78, 5) is 12.5. The number of methoxy groups -OCH3 is 1. The molecule has 0 spiro atoms. The van der Waals surface area contributed by atoms with E-state index in [1.165, 1.54) is 7.11 Å². The van der Waals surface area contributed by atoms with E-state index in [2.05, 4.69) is 18.6 Å². The van der Waals surface area contributed by atoms with Crippen molar-refractivity contribution in [2.75, 3.05) is 18.6 Å². The van der Waals surface area contributed by atoms with Crippen molar-refractivity contribution in [1.29, 1.82) is 0 Å². The van der Waals surface area contributed by atoms with Crippen LogP contribution in [0.25, 0.3) is 0 Å². The summed E-state index contributed by atoms with van der Waals surface area (Å²) in [6.45, 7) is 4.32. The van der Waals surface area contributed by atoms with E-state index in [0.717, 1.165) is 10.6 Å². The summed E-state index contributed by atoms with van der Waals surface area (Å²) in [6, 6.07) is 5.46. The second-order valence-corrected chi connectivity index (χ2v) is 5.04. The zero-order chi connectivity index (χ0) is 12.1. The van der Waals surface area contributed by atoms with Crippen molar-refractivity contribution in [2.24, 2.45) is 5.92 Å². The quantitative estimate of drug-likeness (QED) is 0.498. The van der Waals surface area contributed by atoms with Gasteiger partial charge in [0, 0.05) is 16.3 Å². The third-order valence-electron chi connectivity index (χ3n) is 2.01. The van der Waals surface area contributed by atoms with Gasteiger partial charge in [0.2, 0.25) is 0 Å². The van der Waals surface area contributed by atoms with Crippen LogP contribution in [0.3, 0.4) is 0 Å². The summed E-state index contributed by atoms with van der Waals surface area (Å²) in [5.74, 6) is 1.25. The van der Waals surface area contributed by atoms with Gasteiger partial charge in [-0.2, -0.15) is 0 Å². The van der Waals surface area contributed by atoms with Gasteiger partial charge in [-0.05, 0) is 24.1 Å². The Morgan fingerprint density at radius 2 is 2.19 bits per heavy atom. The Bertz CT molecular complexity index is 377. The molecule has 0 aliphatic heterocycles. The van der Waals surface area contributed by atoms with Crippen LogP contribution in [0, 0.1) is 5.92 Å². The molecule has 0 atom stereocenters. The molecule has 0 radical (unpaired) electrons. The SMILES string of the molecule is COC(=O)c1cc(SCC(C)C)ccc1N. The number of anilines is 1. The molecule has 0 amide bonds. The van der Waals surface area contributed by atoms with Gasteiger partial charge in [0.25, 0.3) is 0 Å². The van der Waals surface area contributed by atoms with Crippen LogP contribution in [0.4, 0.5) is 5.69 Å². The molecule has 0 aromatic heterocycles. The van der Waals surface area contributed by atoms with Crippen LogP contribution >= 0.6 is 11.8 Å². The molecule has 0 fully saturated rings. The maximum atomic E-state index is 11.4. The molecule has 0 aliphatic carbocycles. The van der Waals surface area contributed by atoms with Crippen molar-refractivity contribution in [2.45, 2.75) is 18.7 Å². The molecule has 1 rings (SSSR count). The van der Waals surface area contributed by atoms with Gasteiger partial charge >= 0.3 is 5.97 Å². The molecular formula is C12H17NO2S. The van der Waals surface area contributed by atoms with Gasteiger partial charge in [0.05, 0.1) is 12.7 Å². The third-order valence-corrected chi connectivity index (χ3v) is 3.43. The average Bonchev–Trinajstić information content (AvgIpc) is 2.27. The predicted octanol–water partition coefficient (Wildman–Crippen LogP) is 2.80. The van der Waals surface area contributed by atoms with E-state index < -0.39 is 0 Å².